The maximum absolute atomic E-state index is 14.2. The largest absolute Gasteiger partial charge is 0.573 e. The average molecular weight is 435 g/mol. The van der Waals surface area contributed by atoms with E-state index in [-0.39, 0.29) is 35.1 Å². The predicted molar refractivity (Wildman–Crippen MR) is 103 cm³/mol. The second-order valence-electron chi connectivity index (χ2n) is 7.17. The van der Waals surface area contributed by atoms with Gasteiger partial charge < -0.3 is 14.8 Å². The van der Waals surface area contributed by atoms with Crippen LogP contribution in [0.3, 0.4) is 0 Å². The second kappa shape index (κ2) is 8.01. The highest BCUT2D eigenvalue weighted by atomic mass is 19.4. The Hall–Kier alpha value is -3.43. The molecule has 0 saturated carbocycles. The summed E-state index contributed by atoms with van der Waals surface area (Å²) in [4.78, 5) is 20.2. The van der Waals surface area contributed by atoms with Crippen LogP contribution in [0, 0.1) is 11.7 Å². The van der Waals surface area contributed by atoms with Crippen LogP contribution in [0.4, 0.5) is 17.6 Å². The van der Waals surface area contributed by atoms with Crippen molar-refractivity contribution in [2.45, 2.75) is 25.8 Å². The number of alkyl halides is 3. The van der Waals surface area contributed by atoms with Crippen LogP contribution in [0.5, 0.6) is 11.6 Å². The minimum Gasteiger partial charge on any atom is -0.474 e. The molecule has 1 aliphatic rings. The minimum atomic E-state index is -5.00. The SMILES string of the molecule is C[C@@H](Oc1nc(-c2ccc(OC(F)(F)F)c(F)c2)cc2ncccc12)[C@H]1CNC(=O)C1. The second-order valence-corrected chi connectivity index (χ2v) is 7.17. The highest BCUT2D eigenvalue weighted by molar-refractivity contribution is 5.87. The van der Waals surface area contributed by atoms with Crippen molar-refractivity contribution in [3.8, 4) is 22.9 Å². The zero-order chi connectivity index (χ0) is 22.2. The van der Waals surface area contributed by atoms with Crippen LogP contribution >= 0.6 is 0 Å². The monoisotopic (exact) mass is 435 g/mol. The third kappa shape index (κ3) is 4.68. The van der Waals surface area contributed by atoms with Gasteiger partial charge in [-0.05, 0) is 43.3 Å². The minimum absolute atomic E-state index is 0.0408. The zero-order valence-corrected chi connectivity index (χ0v) is 16.2. The molecule has 162 valence electrons. The molecule has 1 fully saturated rings. The van der Waals surface area contributed by atoms with Crippen LogP contribution in [0.15, 0.2) is 42.6 Å². The van der Waals surface area contributed by atoms with Gasteiger partial charge in [-0.3, -0.25) is 9.78 Å². The maximum Gasteiger partial charge on any atom is 0.573 e. The summed E-state index contributed by atoms with van der Waals surface area (Å²) in [6, 6.07) is 8.14. The third-order valence-electron chi connectivity index (χ3n) is 4.99. The lowest BCUT2D eigenvalue weighted by atomic mass is 10.0. The molecule has 4 rings (SSSR count). The number of hydrogen-bond acceptors (Lipinski definition) is 5. The number of benzene rings is 1. The van der Waals surface area contributed by atoms with Crippen molar-refractivity contribution in [2.75, 3.05) is 6.54 Å². The van der Waals surface area contributed by atoms with Gasteiger partial charge in [-0.25, -0.2) is 9.37 Å². The first-order valence-electron chi connectivity index (χ1n) is 9.44. The third-order valence-corrected chi connectivity index (χ3v) is 4.99. The number of fused-ring (bicyclic) bond motifs is 1. The maximum atomic E-state index is 14.2. The molecular formula is C21H17F4N3O3. The quantitative estimate of drug-likeness (QED) is 0.607. The van der Waals surface area contributed by atoms with E-state index in [2.05, 4.69) is 20.0 Å². The van der Waals surface area contributed by atoms with Crippen LogP contribution in [-0.2, 0) is 4.79 Å². The van der Waals surface area contributed by atoms with Crippen molar-refractivity contribution < 1.29 is 31.8 Å². The number of ether oxygens (including phenoxy) is 2. The lowest BCUT2D eigenvalue weighted by molar-refractivity contribution is -0.275. The van der Waals surface area contributed by atoms with E-state index in [4.69, 9.17) is 4.74 Å². The van der Waals surface area contributed by atoms with Crippen molar-refractivity contribution in [1.82, 2.24) is 15.3 Å². The summed E-state index contributed by atoms with van der Waals surface area (Å²) in [5.74, 6) is -1.96. The molecule has 1 aliphatic heterocycles. The van der Waals surface area contributed by atoms with Crippen LogP contribution in [-0.4, -0.2) is 34.9 Å². The van der Waals surface area contributed by atoms with E-state index in [9.17, 15) is 22.4 Å². The number of amides is 1. The fourth-order valence-electron chi connectivity index (χ4n) is 3.38. The summed E-state index contributed by atoms with van der Waals surface area (Å²) >= 11 is 0. The van der Waals surface area contributed by atoms with Gasteiger partial charge in [-0.2, -0.15) is 0 Å². The molecule has 2 atom stereocenters. The van der Waals surface area contributed by atoms with Crippen molar-refractivity contribution in [3.63, 3.8) is 0 Å². The summed E-state index contributed by atoms with van der Waals surface area (Å²) in [7, 11) is 0. The molecule has 1 saturated heterocycles. The summed E-state index contributed by atoms with van der Waals surface area (Å²) in [6.07, 6.45) is -3.44. The van der Waals surface area contributed by atoms with Gasteiger partial charge in [-0.1, -0.05) is 0 Å². The number of carbonyl (C=O) groups excluding carboxylic acids is 1. The number of nitrogens with one attached hydrogen (secondary N) is 1. The Morgan fingerprint density at radius 2 is 2.03 bits per heavy atom. The Kier molecular flexibility index (Phi) is 5.38. The Bertz CT molecular complexity index is 1140. The number of pyridine rings is 2. The molecule has 1 amide bonds. The van der Waals surface area contributed by atoms with Crippen molar-refractivity contribution >= 4 is 16.8 Å². The lowest BCUT2D eigenvalue weighted by Gasteiger charge is -2.20. The molecule has 0 spiro atoms. The molecule has 3 aromatic rings. The van der Waals surface area contributed by atoms with Gasteiger partial charge >= 0.3 is 6.36 Å². The molecule has 2 aromatic heterocycles. The molecule has 6 nitrogen and oxygen atoms in total. The van der Waals surface area contributed by atoms with Crippen molar-refractivity contribution in [1.29, 1.82) is 0 Å². The zero-order valence-electron chi connectivity index (χ0n) is 16.2. The normalized spacial score (nSPS) is 17.5. The molecule has 0 radical (unpaired) electrons. The Morgan fingerprint density at radius 3 is 2.71 bits per heavy atom. The Balaban J connectivity index is 1.69. The van der Waals surface area contributed by atoms with E-state index < -0.39 is 17.9 Å². The molecule has 0 unspecified atom stereocenters. The first kappa shape index (κ1) is 20.8. The molecule has 31 heavy (non-hydrogen) atoms. The predicted octanol–water partition coefficient (Wildman–Crippen LogP) is 4.24. The van der Waals surface area contributed by atoms with Gasteiger partial charge in [-0.15, -0.1) is 13.2 Å². The summed E-state index contributed by atoms with van der Waals surface area (Å²) in [6.45, 7) is 2.31. The summed E-state index contributed by atoms with van der Waals surface area (Å²) < 4.78 is 61.1. The highest BCUT2D eigenvalue weighted by Crippen LogP contribution is 2.33. The molecule has 3 heterocycles. The van der Waals surface area contributed by atoms with Gasteiger partial charge in [0, 0.05) is 30.6 Å². The van der Waals surface area contributed by atoms with Crippen LogP contribution < -0.4 is 14.8 Å². The Labute approximate surface area is 174 Å². The van der Waals surface area contributed by atoms with Crippen LogP contribution in [0.1, 0.15) is 13.3 Å². The van der Waals surface area contributed by atoms with Gasteiger partial charge in [0.15, 0.2) is 11.6 Å². The molecule has 1 aromatic carbocycles. The van der Waals surface area contributed by atoms with E-state index >= 15 is 0 Å². The van der Waals surface area contributed by atoms with E-state index in [1.165, 1.54) is 6.07 Å². The first-order chi connectivity index (χ1) is 14.7. The summed E-state index contributed by atoms with van der Waals surface area (Å²) in [5.41, 5.74) is 1.02. The van der Waals surface area contributed by atoms with Crippen LogP contribution in [0.2, 0.25) is 0 Å². The van der Waals surface area contributed by atoms with Gasteiger partial charge in [0.25, 0.3) is 0 Å². The smallest absolute Gasteiger partial charge is 0.474 e. The molecule has 10 heteroatoms. The number of rotatable bonds is 5. The first-order valence-corrected chi connectivity index (χ1v) is 9.44. The molecule has 1 N–H and O–H groups in total. The number of hydrogen-bond donors (Lipinski definition) is 1. The van der Waals surface area contributed by atoms with Crippen molar-refractivity contribution in [2.24, 2.45) is 5.92 Å². The molecule has 0 bridgehead atoms. The standard InChI is InChI=1S/C21H17F4N3O3/c1-11(13-8-19(29)27-10-13)30-20-14-3-2-6-26-17(14)9-16(28-20)12-4-5-18(15(22)7-12)31-21(23,24)25/h2-7,9,11,13H,8,10H2,1H3,(H,27,29)/t11-,13-/m1/s1. The van der Waals surface area contributed by atoms with E-state index in [1.807, 2.05) is 6.92 Å². The molecule has 0 aliphatic carbocycles. The number of nitrogens with zero attached hydrogens (tertiary/aromatic N) is 2. The van der Waals surface area contributed by atoms with Gasteiger partial charge in [0.1, 0.15) is 6.10 Å². The lowest BCUT2D eigenvalue weighted by Crippen LogP contribution is -2.26. The number of halogens is 4. The molecular weight excluding hydrogens is 418 g/mol. The summed E-state index contributed by atoms with van der Waals surface area (Å²) in [5, 5.41) is 3.37. The fourth-order valence-corrected chi connectivity index (χ4v) is 3.38. The van der Waals surface area contributed by atoms with E-state index in [1.54, 1.807) is 24.4 Å². The van der Waals surface area contributed by atoms with E-state index in [0.29, 0.717) is 23.9 Å². The highest BCUT2D eigenvalue weighted by Gasteiger charge is 2.32. The van der Waals surface area contributed by atoms with Crippen LogP contribution in [0.25, 0.3) is 22.2 Å². The van der Waals surface area contributed by atoms with Gasteiger partial charge in [0.2, 0.25) is 11.8 Å². The topological polar surface area (TPSA) is 73.3 Å². The van der Waals surface area contributed by atoms with Gasteiger partial charge in [0.05, 0.1) is 16.6 Å². The number of carbonyl (C=O) groups is 1. The fraction of sp³-hybridized carbons (Fsp3) is 0.286. The Morgan fingerprint density at radius 1 is 1.23 bits per heavy atom. The average Bonchev–Trinajstić information content (AvgIpc) is 3.15. The number of aromatic nitrogens is 2. The van der Waals surface area contributed by atoms with E-state index in [0.717, 1.165) is 12.1 Å². The van der Waals surface area contributed by atoms with Crippen molar-refractivity contribution in [3.05, 3.63) is 48.4 Å².